The molecule has 1 aromatic carbocycles. The van der Waals surface area contributed by atoms with Crippen molar-refractivity contribution in [2.45, 2.75) is 57.1 Å². The van der Waals surface area contributed by atoms with E-state index >= 15 is 0 Å². The molecule has 2 N–H and O–H groups in total. The summed E-state index contributed by atoms with van der Waals surface area (Å²) in [5, 5.41) is 1.26. The molecule has 0 saturated carbocycles. The van der Waals surface area contributed by atoms with Crippen molar-refractivity contribution in [2.24, 2.45) is 0 Å². The fourth-order valence-electron chi connectivity index (χ4n) is 3.85. The van der Waals surface area contributed by atoms with E-state index < -0.39 is 17.6 Å². The Kier molecular flexibility index (Phi) is 7.44. The van der Waals surface area contributed by atoms with Crippen molar-refractivity contribution in [1.29, 1.82) is 0 Å². The number of nitrogens with one attached hydrogen (secondary N) is 2. The van der Waals surface area contributed by atoms with Crippen molar-refractivity contribution in [3.8, 4) is 0 Å². The SMILES string of the molecule is CCCCCn1c(SCC(=O)NNC(=O)c2ccc(F)cc2)nc2sc3c(c2c1=O)CCC3. The van der Waals surface area contributed by atoms with Crippen molar-refractivity contribution in [3.05, 3.63) is 56.4 Å². The lowest BCUT2D eigenvalue weighted by molar-refractivity contribution is -0.119. The summed E-state index contributed by atoms with van der Waals surface area (Å²) in [6.07, 6.45) is 5.90. The molecule has 2 heterocycles. The van der Waals surface area contributed by atoms with Gasteiger partial charge in [-0.2, -0.15) is 0 Å². The number of fused-ring (bicyclic) bond motifs is 3. The predicted octanol–water partition coefficient (Wildman–Crippen LogP) is 3.83. The van der Waals surface area contributed by atoms with Crippen LogP contribution in [-0.4, -0.2) is 27.1 Å². The molecule has 0 aliphatic heterocycles. The number of thioether (sulfide) groups is 1. The van der Waals surface area contributed by atoms with Gasteiger partial charge in [0.25, 0.3) is 11.5 Å². The van der Waals surface area contributed by atoms with Crippen molar-refractivity contribution >= 4 is 45.1 Å². The van der Waals surface area contributed by atoms with Gasteiger partial charge in [0.15, 0.2) is 5.16 Å². The summed E-state index contributed by atoms with van der Waals surface area (Å²) in [6.45, 7) is 2.67. The number of thiophene rings is 1. The maximum atomic E-state index is 13.3. The molecule has 0 bridgehead atoms. The molecule has 0 atom stereocenters. The summed E-state index contributed by atoms with van der Waals surface area (Å²) in [4.78, 5) is 44.5. The van der Waals surface area contributed by atoms with Crippen LogP contribution in [-0.2, 0) is 24.2 Å². The first-order valence-corrected chi connectivity index (χ1v) is 12.8. The van der Waals surface area contributed by atoms with Crippen molar-refractivity contribution < 1.29 is 14.0 Å². The topological polar surface area (TPSA) is 93.1 Å². The van der Waals surface area contributed by atoms with E-state index in [0.29, 0.717) is 11.7 Å². The Morgan fingerprint density at radius 2 is 1.97 bits per heavy atom. The lowest BCUT2D eigenvalue weighted by Crippen LogP contribution is -2.42. The van der Waals surface area contributed by atoms with E-state index in [0.717, 1.165) is 54.3 Å². The number of amides is 2. The van der Waals surface area contributed by atoms with E-state index in [2.05, 4.69) is 17.8 Å². The minimum absolute atomic E-state index is 0.0134. The van der Waals surface area contributed by atoms with Gasteiger partial charge < -0.3 is 0 Å². The molecule has 10 heteroatoms. The van der Waals surface area contributed by atoms with E-state index in [9.17, 15) is 18.8 Å². The van der Waals surface area contributed by atoms with Crippen LogP contribution in [0.2, 0.25) is 0 Å². The number of carbonyl (C=O) groups excluding carboxylic acids is 2. The molecular formula is C23H25FN4O3S2. The molecule has 0 radical (unpaired) electrons. The third-order valence-electron chi connectivity index (χ3n) is 5.53. The lowest BCUT2D eigenvalue weighted by Gasteiger charge is -2.12. The predicted molar refractivity (Wildman–Crippen MR) is 128 cm³/mol. The first kappa shape index (κ1) is 23.4. The zero-order chi connectivity index (χ0) is 23.4. The average molecular weight is 489 g/mol. The summed E-state index contributed by atoms with van der Waals surface area (Å²) in [5.41, 5.74) is 6.02. The Morgan fingerprint density at radius 3 is 2.73 bits per heavy atom. The Morgan fingerprint density at radius 1 is 1.18 bits per heavy atom. The van der Waals surface area contributed by atoms with Crippen molar-refractivity contribution in [2.75, 3.05) is 5.75 Å². The second-order valence-corrected chi connectivity index (χ2v) is 9.92. The van der Waals surface area contributed by atoms with Crippen LogP contribution in [0.25, 0.3) is 10.2 Å². The van der Waals surface area contributed by atoms with E-state index in [4.69, 9.17) is 4.98 Å². The summed E-state index contributed by atoms with van der Waals surface area (Å²) in [5.74, 6) is -1.44. The number of rotatable bonds is 8. The molecule has 0 unspecified atom stereocenters. The van der Waals surface area contributed by atoms with Gasteiger partial charge in [-0.05, 0) is 55.5 Å². The van der Waals surface area contributed by atoms with E-state index in [1.165, 1.54) is 40.9 Å². The first-order chi connectivity index (χ1) is 16.0. The van der Waals surface area contributed by atoms with Crippen LogP contribution in [0.3, 0.4) is 0 Å². The molecule has 1 aliphatic rings. The molecule has 7 nitrogen and oxygen atoms in total. The van der Waals surface area contributed by atoms with Crippen LogP contribution < -0.4 is 16.4 Å². The number of carbonyl (C=O) groups is 2. The number of halogens is 1. The first-order valence-electron chi connectivity index (χ1n) is 11.0. The van der Waals surface area contributed by atoms with Gasteiger partial charge in [-0.15, -0.1) is 11.3 Å². The maximum absolute atomic E-state index is 13.3. The van der Waals surface area contributed by atoms with Gasteiger partial charge >= 0.3 is 0 Å². The number of aromatic nitrogens is 2. The van der Waals surface area contributed by atoms with Crippen LogP contribution in [0.1, 0.15) is 53.4 Å². The molecule has 2 aromatic heterocycles. The highest BCUT2D eigenvalue weighted by atomic mass is 32.2. The van der Waals surface area contributed by atoms with E-state index in [1.54, 1.807) is 15.9 Å². The molecule has 0 saturated heterocycles. The summed E-state index contributed by atoms with van der Waals surface area (Å²) >= 11 is 2.75. The lowest BCUT2D eigenvalue weighted by atomic mass is 10.2. The average Bonchev–Trinajstić information content (AvgIpc) is 3.39. The summed E-state index contributed by atoms with van der Waals surface area (Å²) in [7, 11) is 0. The van der Waals surface area contributed by atoms with Gasteiger partial charge in [-0.25, -0.2) is 9.37 Å². The van der Waals surface area contributed by atoms with Gasteiger partial charge in [0.05, 0.1) is 11.1 Å². The number of benzene rings is 1. The van der Waals surface area contributed by atoms with Crippen LogP contribution in [0.4, 0.5) is 4.39 Å². The second-order valence-electron chi connectivity index (χ2n) is 7.89. The highest BCUT2D eigenvalue weighted by Crippen LogP contribution is 2.35. The number of hydrogen-bond donors (Lipinski definition) is 2. The van der Waals surface area contributed by atoms with Gasteiger partial charge in [0, 0.05) is 17.0 Å². The molecule has 33 heavy (non-hydrogen) atoms. The minimum Gasteiger partial charge on any atom is -0.287 e. The monoisotopic (exact) mass is 488 g/mol. The molecule has 3 aromatic rings. The number of unbranched alkanes of at least 4 members (excludes halogenated alkanes) is 2. The zero-order valence-electron chi connectivity index (χ0n) is 18.3. The standard InChI is InChI=1S/C23H25FN4O3S2/c1-2-3-4-12-28-22(31)19-16-6-5-7-17(16)33-21(19)25-23(28)32-13-18(29)26-27-20(30)14-8-10-15(24)11-9-14/h8-11H,2-7,12-13H2,1H3,(H,26,29)(H,27,30). The summed E-state index contributed by atoms with van der Waals surface area (Å²) < 4.78 is 14.7. The highest BCUT2D eigenvalue weighted by molar-refractivity contribution is 7.99. The van der Waals surface area contributed by atoms with Gasteiger partial charge in [0.2, 0.25) is 5.91 Å². The quantitative estimate of drug-likeness (QED) is 0.218. The Labute approximate surface area is 198 Å². The fraction of sp³-hybridized carbons (Fsp3) is 0.391. The normalized spacial score (nSPS) is 12.7. The van der Waals surface area contributed by atoms with Gasteiger partial charge in [-0.3, -0.25) is 29.8 Å². The summed E-state index contributed by atoms with van der Waals surface area (Å²) in [6, 6.07) is 5.01. The molecule has 174 valence electrons. The fourth-order valence-corrected chi connectivity index (χ4v) is 5.98. The van der Waals surface area contributed by atoms with Crippen molar-refractivity contribution in [1.82, 2.24) is 20.4 Å². The Bertz CT molecular complexity index is 1240. The number of nitrogens with zero attached hydrogens (tertiary/aromatic N) is 2. The van der Waals surface area contributed by atoms with Gasteiger partial charge in [0.1, 0.15) is 10.6 Å². The number of hydrogen-bond acceptors (Lipinski definition) is 6. The molecule has 0 spiro atoms. The molecular weight excluding hydrogens is 463 g/mol. The number of hydrazine groups is 1. The number of aryl methyl sites for hydroxylation is 2. The molecule has 0 fully saturated rings. The molecule has 1 aliphatic carbocycles. The third kappa shape index (κ3) is 5.27. The van der Waals surface area contributed by atoms with Crippen molar-refractivity contribution in [3.63, 3.8) is 0 Å². The largest absolute Gasteiger partial charge is 0.287 e. The van der Waals surface area contributed by atoms with Crippen LogP contribution in [0, 0.1) is 5.82 Å². The minimum atomic E-state index is -0.544. The van der Waals surface area contributed by atoms with E-state index in [1.807, 2.05) is 0 Å². The Balaban J connectivity index is 1.46. The van der Waals surface area contributed by atoms with E-state index in [-0.39, 0.29) is 16.9 Å². The Hall–Kier alpha value is -2.72. The maximum Gasteiger partial charge on any atom is 0.269 e. The third-order valence-corrected chi connectivity index (χ3v) is 7.69. The van der Waals surface area contributed by atoms with Crippen LogP contribution in [0.5, 0.6) is 0 Å². The van der Waals surface area contributed by atoms with Crippen LogP contribution >= 0.6 is 23.1 Å². The smallest absolute Gasteiger partial charge is 0.269 e. The zero-order valence-corrected chi connectivity index (χ0v) is 19.9. The highest BCUT2D eigenvalue weighted by Gasteiger charge is 2.23. The van der Waals surface area contributed by atoms with Crippen LogP contribution in [0.15, 0.2) is 34.2 Å². The second kappa shape index (κ2) is 10.5. The van der Waals surface area contributed by atoms with Gasteiger partial charge in [-0.1, -0.05) is 31.5 Å². The molecule has 2 amide bonds. The molecule has 4 rings (SSSR count).